The van der Waals surface area contributed by atoms with Crippen molar-refractivity contribution in [3.63, 3.8) is 0 Å². The molecule has 4 aromatic rings. The van der Waals surface area contributed by atoms with Gasteiger partial charge in [0.2, 0.25) is 11.6 Å². The molecule has 47 heavy (non-hydrogen) atoms. The van der Waals surface area contributed by atoms with Gasteiger partial charge < -0.3 is 0 Å². The lowest BCUT2D eigenvalue weighted by Crippen LogP contribution is -2.19. The highest BCUT2D eigenvalue weighted by molar-refractivity contribution is 7.99. The zero-order chi connectivity index (χ0) is 33.3. The smallest absolute Gasteiger partial charge is 0.287 e. The van der Waals surface area contributed by atoms with E-state index >= 15 is 0 Å². The molecule has 0 amide bonds. The van der Waals surface area contributed by atoms with E-state index < -0.39 is 20.2 Å². The summed E-state index contributed by atoms with van der Waals surface area (Å²) in [6.07, 6.45) is 5.49. The van der Waals surface area contributed by atoms with E-state index in [0.717, 1.165) is 9.79 Å². The molecule has 6 rings (SSSR count). The SMILES string of the molecule is O=C1C=Cc2cc(S(=O)(=O)O)ccc2C1=NNc1ccc(Sc2ccc(NN=C3C(=O)C=Cc4cc(S(=O)(=O)O)ccc43)cc2)cc1. The van der Waals surface area contributed by atoms with Gasteiger partial charge in [0.15, 0.2) is 0 Å². The van der Waals surface area contributed by atoms with Crippen LogP contribution >= 0.6 is 11.8 Å². The van der Waals surface area contributed by atoms with E-state index in [9.17, 15) is 35.5 Å². The summed E-state index contributed by atoms with van der Waals surface area (Å²) in [5, 5.41) is 8.49. The second kappa shape index (κ2) is 12.5. The quantitative estimate of drug-likeness (QED) is 0.141. The third-order valence-corrected chi connectivity index (χ3v) is 9.70. The number of hydrogen-bond donors (Lipinski definition) is 4. The number of rotatable bonds is 8. The van der Waals surface area contributed by atoms with Crippen molar-refractivity contribution in [1.29, 1.82) is 0 Å². The average molecular weight is 687 g/mol. The van der Waals surface area contributed by atoms with Crippen LogP contribution in [0.4, 0.5) is 11.4 Å². The molecule has 0 heterocycles. The summed E-state index contributed by atoms with van der Waals surface area (Å²) >= 11 is 1.49. The van der Waals surface area contributed by atoms with Crippen LogP contribution in [0.1, 0.15) is 22.3 Å². The van der Waals surface area contributed by atoms with Crippen molar-refractivity contribution in [2.24, 2.45) is 10.2 Å². The molecule has 236 valence electrons. The minimum Gasteiger partial charge on any atom is -0.287 e. The molecule has 0 saturated carbocycles. The van der Waals surface area contributed by atoms with Gasteiger partial charge in [-0.25, -0.2) is 0 Å². The van der Waals surface area contributed by atoms with E-state index in [4.69, 9.17) is 0 Å². The average Bonchev–Trinajstić information content (AvgIpc) is 3.04. The van der Waals surface area contributed by atoms with Gasteiger partial charge in [0.05, 0.1) is 21.2 Å². The highest BCUT2D eigenvalue weighted by Gasteiger charge is 2.23. The van der Waals surface area contributed by atoms with Gasteiger partial charge in [0, 0.05) is 20.9 Å². The Bertz CT molecular complexity index is 2130. The monoisotopic (exact) mass is 686 g/mol. The summed E-state index contributed by atoms with van der Waals surface area (Å²) < 4.78 is 64.5. The molecule has 0 unspecified atom stereocenters. The molecule has 0 fully saturated rings. The van der Waals surface area contributed by atoms with Crippen LogP contribution < -0.4 is 10.9 Å². The van der Waals surface area contributed by atoms with Gasteiger partial charge in [-0.1, -0.05) is 36.0 Å². The summed E-state index contributed by atoms with van der Waals surface area (Å²) in [5.41, 5.74) is 8.86. The number of benzene rings is 4. The van der Waals surface area contributed by atoms with Gasteiger partial charge in [0.25, 0.3) is 20.2 Å². The Morgan fingerprint density at radius 3 is 1.28 bits per heavy atom. The molecule has 0 aliphatic heterocycles. The molecule has 2 aliphatic rings. The van der Waals surface area contributed by atoms with Gasteiger partial charge in [-0.05, 0) is 96.1 Å². The summed E-state index contributed by atoms with van der Waals surface area (Å²) in [4.78, 5) is 26.2. The summed E-state index contributed by atoms with van der Waals surface area (Å²) in [6, 6.07) is 22.4. The fourth-order valence-corrected chi connectivity index (χ4v) is 6.51. The predicted octanol–water partition coefficient (Wildman–Crippen LogP) is 5.16. The summed E-state index contributed by atoms with van der Waals surface area (Å²) in [7, 11) is -8.78. The molecular formula is C32H22N4O8S3. The van der Waals surface area contributed by atoms with Gasteiger partial charge in [0.1, 0.15) is 11.4 Å². The van der Waals surface area contributed by atoms with Crippen LogP contribution in [-0.2, 0) is 29.8 Å². The Balaban J connectivity index is 1.10. The van der Waals surface area contributed by atoms with Crippen molar-refractivity contribution < 1.29 is 35.5 Å². The number of fused-ring (bicyclic) bond motifs is 2. The van der Waals surface area contributed by atoms with Crippen LogP contribution in [0.15, 0.2) is 127 Å². The fourth-order valence-electron chi connectivity index (χ4n) is 4.67. The number of carbonyl (C=O) groups is 2. The van der Waals surface area contributed by atoms with Crippen LogP contribution in [0.5, 0.6) is 0 Å². The Morgan fingerprint density at radius 2 is 0.915 bits per heavy atom. The molecule has 15 heteroatoms. The van der Waals surface area contributed by atoms with E-state index in [1.165, 1.54) is 72.5 Å². The number of anilines is 2. The number of hydrazone groups is 2. The van der Waals surface area contributed by atoms with Crippen LogP contribution in [0.2, 0.25) is 0 Å². The molecule has 4 N–H and O–H groups in total. The van der Waals surface area contributed by atoms with E-state index in [1.54, 1.807) is 24.3 Å². The number of carbonyl (C=O) groups excluding carboxylic acids is 2. The normalized spacial score (nSPS) is 15.9. The van der Waals surface area contributed by atoms with Crippen molar-refractivity contribution in [3.8, 4) is 0 Å². The first kappa shape index (κ1) is 31.8. The van der Waals surface area contributed by atoms with Crippen molar-refractivity contribution in [3.05, 3.63) is 119 Å². The number of ketones is 2. The van der Waals surface area contributed by atoms with Crippen molar-refractivity contribution in [2.45, 2.75) is 19.6 Å². The van der Waals surface area contributed by atoms with E-state index in [2.05, 4.69) is 21.1 Å². The molecular weight excluding hydrogens is 665 g/mol. The first-order valence-corrected chi connectivity index (χ1v) is 17.3. The molecule has 4 aromatic carbocycles. The van der Waals surface area contributed by atoms with E-state index in [-0.39, 0.29) is 32.8 Å². The number of nitrogens with one attached hydrogen (secondary N) is 2. The molecule has 12 nitrogen and oxygen atoms in total. The van der Waals surface area contributed by atoms with Crippen molar-refractivity contribution in [1.82, 2.24) is 0 Å². The molecule has 0 atom stereocenters. The fraction of sp³-hybridized carbons (Fsp3) is 0. The Labute approximate surface area is 273 Å². The molecule has 0 aromatic heterocycles. The summed E-state index contributed by atoms with van der Waals surface area (Å²) in [5.74, 6) is -0.718. The number of nitrogens with zero attached hydrogens (tertiary/aromatic N) is 2. The maximum Gasteiger partial charge on any atom is 0.294 e. The first-order chi connectivity index (χ1) is 22.3. The minimum atomic E-state index is -4.39. The highest BCUT2D eigenvalue weighted by atomic mass is 32.2. The summed E-state index contributed by atoms with van der Waals surface area (Å²) in [6.45, 7) is 0. The Hall–Kier alpha value is -5.19. The Kier molecular flexibility index (Phi) is 8.48. The molecule has 0 spiro atoms. The lowest BCUT2D eigenvalue weighted by Gasteiger charge is -2.13. The Morgan fingerprint density at radius 1 is 0.532 bits per heavy atom. The van der Waals surface area contributed by atoms with Gasteiger partial charge in [-0.15, -0.1) is 0 Å². The third-order valence-electron chi connectivity index (χ3n) is 6.99. The van der Waals surface area contributed by atoms with E-state index in [0.29, 0.717) is 33.6 Å². The van der Waals surface area contributed by atoms with Gasteiger partial charge >= 0.3 is 0 Å². The molecule has 0 saturated heterocycles. The largest absolute Gasteiger partial charge is 0.294 e. The lowest BCUT2D eigenvalue weighted by atomic mass is 9.95. The maximum atomic E-state index is 12.5. The van der Waals surface area contributed by atoms with Gasteiger partial charge in [-0.2, -0.15) is 27.0 Å². The molecule has 0 radical (unpaired) electrons. The predicted molar refractivity (Wildman–Crippen MR) is 178 cm³/mol. The third kappa shape index (κ3) is 7.14. The van der Waals surface area contributed by atoms with Gasteiger partial charge in [-0.3, -0.25) is 29.5 Å². The van der Waals surface area contributed by atoms with Crippen molar-refractivity contribution >= 4 is 78.5 Å². The highest BCUT2D eigenvalue weighted by Crippen LogP contribution is 2.30. The second-order valence-electron chi connectivity index (χ2n) is 10.1. The van der Waals surface area contributed by atoms with Crippen LogP contribution in [0.25, 0.3) is 12.2 Å². The van der Waals surface area contributed by atoms with E-state index in [1.807, 2.05) is 24.3 Å². The minimum absolute atomic E-state index is 0.0986. The lowest BCUT2D eigenvalue weighted by molar-refractivity contribution is -0.109. The standard InChI is InChI=1S/C32H22N4O8S3/c37-29-15-1-19-17-25(46(39,40)41)11-13-27(19)31(29)35-33-21-3-7-23(8-4-21)45-24-9-5-22(6-10-24)34-36-32-28-14-12-26(47(42,43)44)18-20(28)2-16-30(32)38/h1-18,33-34H,(H,39,40,41)(H,42,43,44). The number of allylic oxidation sites excluding steroid dienone is 2. The zero-order valence-corrected chi connectivity index (χ0v) is 26.3. The first-order valence-electron chi connectivity index (χ1n) is 13.6. The number of hydrogen-bond acceptors (Lipinski definition) is 11. The van der Waals surface area contributed by atoms with Crippen LogP contribution in [0, 0.1) is 0 Å². The molecule has 2 aliphatic carbocycles. The van der Waals surface area contributed by atoms with Crippen LogP contribution in [0.3, 0.4) is 0 Å². The van der Waals surface area contributed by atoms with Crippen molar-refractivity contribution in [2.75, 3.05) is 10.9 Å². The molecule has 0 bridgehead atoms. The topological polar surface area (TPSA) is 192 Å². The van der Waals surface area contributed by atoms with Crippen LogP contribution in [-0.4, -0.2) is 48.9 Å². The second-order valence-corrected chi connectivity index (χ2v) is 14.1. The maximum absolute atomic E-state index is 12.5. The zero-order valence-electron chi connectivity index (χ0n) is 23.9.